The van der Waals surface area contributed by atoms with Crippen molar-refractivity contribution >= 4 is 17.1 Å². The maximum atomic E-state index is 11.7. The second-order valence-corrected chi connectivity index (χ2v) is 3.96. The number of fused-ring (bicyclic) bond motifs is 1. The van der Waals surface area contributed by atoms with E-state index < -0.39 is 6.09 Å². The van der Waals surface area contributed by atoms with E-state index in [1.807, 2.05) is 26.0 Å². The number of hydrogen-bond acceptors (Lipinski definition) is 4. The number of hydrogen-bond donors (Lipinski definition) is 0. The molecular formula is C11H13N3O2. The van der Waals surface area contributed by atoms with Gasteiger partial charge >= 0.3 is 6.09 Å². The minimum absolute atomic E-state index is 0.304. The largest absolute Gasteiger partial charge is 0.448 e. The van der Waals surface area contributed by atoms with Crippen LogP contribution in [0.2, 0.25) is 0 Å². The topological polar surface area (TPSA) is 57.0 Å². The molecule has 2 rings (SSSR count). The number of benzene rings is 1. The van der Waals surface area contributed by atoms with Crippen molar-refractivity contribution in [3.05, 3.63) is 24.3 Å². The summed E-state index contributed by atoms with van der Waals surface area (Å²) in [4.78, 5) is 11.7. The molecule has 0 saturated heterocycles. The zero-order valence-corrected chi connectivity index (χ0v) is 9.25. The van der Waals surface area contributed by atoms with Crippen LogP contribution in [0.5, 0.6) is 0 Å². The lowest BCUT2D eigenvalue weighted by Crippen LogP contribution is -2.17. The Bertz CT molecular complexity index is 505. The Labute approximate surface area is 93.0 Å². The lowest BCUT2D eigenvalue weighted by atomic mass is 10.2. The molecule has 0 unspecified atom stereocenters. The number of aromatic nitrogens is 3. The van der Waals surface area contributed by atoms with Crippen molar-refractivity contribution in [2.45, 2.75) is 13.8 Å². The molecule has 5 heteroatoms. The summed E-state index contributed by atoms with van der Waals surface area (Å²) in [5.74, 6) is 0.304. The standard InChI is InChI=1S/C11H13N3O2/c1-8(2)7-16-11(15)14-10-6-4-3-5-9(10)12-13-14/h3-6,8H,7H2,1-2H3. The summed E-state index contributed by atoms with van der Waals surface area (Å²) in [6.07, 6.45) is -0.484. The van der Waals surface area contributed by atoms with Gasteiger partial charge in [0.1, 0.15) is 11.0 Å². The van der Waals surface area contributed by atoms with Crippen LogP contribution in [0, 0.1) is 5.92 Å². The number of carbonyl (C=O) groups excluding carboxylic acids is 1. The molecule has 2 aromatic rings. The summed E-state index contributed by atoms with van der Waals surface area (Å²) in [7, 11) is 0. The van der Waals surface area contributed by atoms with Crippen molar-refractivity contribution in [2.75, 3.05) is 6.61 Å². The van der Waals surface area contributed by atoms with Crippen LogP contribution in [0.15, 0.2) is 24.3 Å². The van der Waals surface area contributed by atoms with Crippen molar-refractivity contribution in [2.24, 2.45) is 5.92 Å². The van der Waals surface area contributed by atoms with Crippen LogP contribution in [0.25, 0.3) is 11.0 Å². The van der Waals surface area contributed by atoms with Crippen LogP contribution in [0.4, 0.5) is 4.79 Å². The SMILES string of the molecule is CC(C)COC(=O)n1nnc2ccccc21. The van der Waals surface area contributed by atoms with Crippen molar-refractivity contribution in [3.63, 3.8) is 0 Å². The Morgan fingerprint density at radius 1 is 1.44 bits per heavy atom. The summed E-state index contributed by atoms with van der Waals surface area (Å²) in [5.41, 5.74) is 1.35. The maximum Gasteiger partial charge on any atom is 0.436 e. The van der Waals surface area contributed by atoms with E-state index in [9.17, 15) is 4.79 Å². The Hall–Kier alpha value is -1.91. The summed E-state index contributed by atoms with van der Waals surface area (Å²) >= 11 is 0. The highest BCUT2D eigenvalue weighted by atomic mass is 16.6. The molecule has 0 radical (unpaired) electrons. The zero-order chi connectivity index (χ0) is 11.5. The maximum absolute atomic E-state index is 11.7. The zero-order valence-electron chi connectivity index (χ0n) is 9.25. The van der Waals surface area contributed by atoms with E-state index in [1.54, 1.807) is 12.1 Å². The van der Waals surface area contributed by atoms with Crippen LogP contribution in [-0.2, 0) is 4.74 Å². The number of carbonyl (C=O) groups is 1. The van der Waals surface area contributed by atoms with Gasteiger partial charge < -0.3 is 4.74 Å². The van der Waals surface area contributed by atoms with Gasteiger partial charge in [-0.3, -0.25) is 0 Å². The Morgan fingerprint density at radius 3 is 2.94 bits per heavy atom. The fourth-order valence-corrected chi connectivity index (χ4v) is 1.30. The average molecular weight is 219 g/mol. The lowest BCUT2D eigenvalue weighted by molar-refractivity contribution is 0.132. The molecule has 0 aliphatic rings. The molecule has 0 atom stereocenters. The molecular weight excluding hydrogens is 206 g/mol. The third kappa shape index (κ3) is 2.03. The van der Waals surface area contributed by atoms with Crippen molar-refractivity contribution in [1.82, 2.24) is 15.0 Å². The molecule has 1 aromatic carbocycles. The van der Waals surface area contributed by atoms with Gasteiger partial charge in [-0.15, -0.1) is 9.78 Å². The smallest absolute Gasteiger partial charge is 0.436 e. The van der Waals surface area contributed by atoms with Crippen LogP contribution in [0.1, 0.15) is 13.8 Å². The van der Waals surface area contributed by atoms with Gasteiger partial charge in [0.25, 0.3) is 0 Å². The first kappa shape index (κ1) is 10.6. The molecule has 0 N–H and O–H groups in total. The lowest BCUT2D eigenvalue weighted by Gasteiger charge is -2.06. The molecule has 1 heterocycles. The summed E-state index contributed by atoms with van der Waals surface area (Å²) < 4.78 is 6.26. The number of para-hydroxylation sites is 1. The van der Waals surface area contributed by atoms with E-state index in [2.05, 4.69) is 10.3 Å². The van der Waals surface area contributed by atoms with Gasteiger partial charge in [0.15, 0.2) is 0 Å². The van der Waals surface area contributed by atoms with E-state index in [1.165, 1.54) is 4.68 Å². The van der Waals surface area contributed by atoms with E-state index in [0.717, 1.165) is 0 Å². The Balaban J connectivity index is 2.23. The Kier molecular flexibility index (Phi) is 2.85. The van der Waals surface area contributed by atoms with Gasteiger partial charge in [-0.25, -0.2) is 4.79 Å². The van der Waals surface area contributed by atoms with E-state index in [-0.39, 0.29) is 0 Å². The fraction of sp³-hybridized carbons (Fsp3) is 0.364. The van der Waals surface area contributed by atoms with Crippen LogP contribution < -0.4 is 0 Å². The molecule has 0 fully saturated rings. The van der Waals surface area contributed by atoms with Crippen molar-refractivity contribution < 1.29 is 9.53 Å². The third-order valence-corrected chi connectivity index (χ3v) is 2.06. The second kappa shape index (κ2) is 4.30. The minimum Gasteiger partial charge on any atom is -0.448 e. The fourth-order valence-electron chi connectivity index (χ4n) is 1.30. The quantitative estimate of drug-likeness (QED) is 0.775. The minimum atomic E-state index is -0.484. The van der Waals surface area contributed by atoms with Gasteiger partial charge in [-0.2, -0.15) is 0 Å². The number of rotatable bonds is 2. The monoisotopic (exact) mass is 219 g/mol. The van der Waals surface area contributed by atoms with Crippen LogP contribution in [-0.4, -0.2) is 27.7 Å². The van der Waals surface area contributed by atoms with Crippen LogP contribution >= 0.6 is 0 Å². The normalized spacial score (nSPS) is 10.9. The molecule has 16 heavy (non-hydrogen) atoms. The van der Waals surface area contributed by atoms with E-state index >= 15 is 0 Å². The molecule has 0 aliphatic heterocycles. The van der Waals surface area contributed by atoms with Gasteiger partial charge in [0.2, 0.25) is 0 Å². The average Bonchev–Trinajstić information content (AvgIpc) is 2.69. The van der Waals surface area contributed by atoms with E-state index in [4.69, 9.17) is 4.74 Å². The summed E-state index contributed by atoms with van der Waals surface area (Å²) in [6, 6.07) is 7.26. The predicted octanol–water partition coefficient (Wildman–Crippen LogP) is 2.07. The van der Waals surface area contributed by atoms with Gasteiger partial charge in [-0.05, 0) is 18.1 Å². The molecule has 1 aromatic heterocycles. The molecule has 84 valence electrons. The summed E-state index contributed by atoms with van der Waals surface area (Å²) in [5, 5.41) is 7.64. The van der Waals surface area contributed by atoms with Gasteiger partial charge in [0, 0.05) is 0 Å². The third-order valence-electron chi connectivity index (χ3n) is 2.06. The van der Waals surface area contributed by atoms with Crippen molar-refractivity contribution in [3.8, 4) is 0 Å². The number of nitrogens with zero attached hydrogens (tertiary/aromatic N) is 3. The highest BCUT2D eigenvalue weighted by Gasteiger charge is 2.12. The first-order chi connectivity index (χ1) is 7.68. The van der Waals surface area contributed by atoms with Gasteiger partial charge in [0.05, 0.1) is 6.61 Å². The Morgan fingerprint density at radius 2 is 2.19 bits per heavy atom. The first-order valence-electron chi connectivity index (χ1n) is 5.16. The number of ether oxygens (including phenoxy) is 1. The molecule has 0 spiro atoms. The highest BCUT2D eigenvalue weighted by Crippen LogP contribution is 2.10. The van der Waals surface area contributed by atoms with Crippen molar-refractivity contribution in [1.29, 1.82) is 0 Å². The molecule has 0 bridgehead atoms. The molecule has 5 nitrogen and oxygen atoms in total. The van der Waals surface area contributed by atoms with Gasteiger partial charge in [-0.1, -0.05) is 31.2 Å². The molecule has 0 aliphatic carbocycles. The first-order valence-corrected chi connectivity index (χ1v) is 5.16. The van der Waals surface area contributed by atoms with Crippen LogP contribution in [0.3, 0.4) is 0 Å². The molecule has 0 amide bonds. The molecule has 0 saturated carbocycles. The predicted molar refractivity (Wildman–Crippen MR) is 59.1 cm³/mol. The second-order valence-electron chi connectivity index (χ2n) is 3.96. The summed E-state index contributed by atoms with van der Waals surface area (Å²) in [6.45, 7) is 4.34. The highest BCUT2D eigenvalue weighted by molar-refractivity contribution is 5.84. The van der Waals surface area contributed by atoms with E-state index in [0.29, 0.717) is 23.6 Å².